The highest BCUT2D eigenvalue weighted by molar-refractivity contribution is 7.89. The predicted molar refractivity (Wildman–Crippen MR) is 86.2 cm³/mol. The molecule has 0 fully saturated rings. The highest BCUT2D eigenvalue weighted by Crippen LogP contribution is 2.23. The van der Waals surface area contributed by atoms with Crippen molar-refractivity contribution in [1.82, 2.24) is 0 Å². The highest BCUT2D eigenvalue weighted by Gasteiger charge is 2.14. The molecule has 2 rings (SSSR count). The third-order valence-electron chi connectivity index (χ3n) is 3.11. The summed E-state index contributed by atoms with van der Waals surface area (Å²) in [7, 11) is -3.31. The van der Waals surface area contributed by atoms with Gasteiger partial charge in [0.2, 0.25) is 5.78 Å². The summed E-state index contributed by atoms with van der Waals surface area (Å²) in [4.78, 5) is 22.1. The number of sulfone groups is 1. The molecule has 0 atom stereocenters. The van der Waals surface area contributed by atoms with Crippen molar-refractivity contribution in [3.05, 3.63) is 65.2 Å². The molecule has 2 aromatic rings. The largest absolute Gasteiger partial charge is 0.489 e. The van der Waals surface area contributed by atoms with Crippen LogP contribution in [0.5, 0.6) is 5.75 Å². The summed E-state index contributed by atoms with van der Waals surface area (Å²) in [6, 6.07) is 13.8. The molecule has 6 heteroatoms. The molecular weight excluding hydrogens is 316 g/mol. The fourth-order valence-corrected chi connectivity index (χ4v) is 2.86. The number of Topliss-reactive ketones (excluding diaryl/α,β-unsaturated/α-hetero) is 1. The molecule has 0 unspecified atom stereocenters. The van der Waals surface area contributed by atoms with Crippen molar-refractivity contribution >= 4 is 21.9 Å². The van der Waals surface area contributed by atoms with Gasteiger partial charge in [0.25, 0.3) is 0 Å². The van der Waals surface area contributed by atoms with E-state index in [1.54, 1.807) is 0 Å². The lowest BCUT2D eigenvalue weighted by atomic mass is 10.1. The minimum atomic E-state index is -3.31. The summed E-state index contributed by atoms with van der Waals surface area (Å²) < 4.78 is 28.8. The second kappa shape index (κ2) is 7.19. The molecule has 0 aliphatic rings. The van der Waals surface area contributed by atoms with E-state index in [1.807, 2.05) is 30.3 Å². The van der Waals surface area contributed by atoms with Crippen LogP contribution in [0.1, 0.15) is 21.5 Å². The summed E-state index contributed by atoms with van der Waals surface area (Å²) >= 11 is 0. The van der Waals surface area contributed by atoms with Crippen LogP contribution < -0.4 is 4.74 Å². The van der Waals surface area contributed by atoms with Gasteiger partial charge < -0.3 is 4.74 Å². The SMILES string of the molecule is CS(=O)(=O)Cc1cc(C(=O)C=O)ccc1OCc1ccccc1. The highest BCUT2D eigenvalue weighted by atomic mass is 32.2. The zero-order valence-electron chi connectivity index (χ0n) is 12.6. The number of carbonyl (C=O) groups is 2. The number of hydrogen-bond acceptors (Lipinski definition) is 5. The van der Waals surface area contributed by atoms with Gasteiger partial charge in [-0.15, -0.1) is 0 Å². The normalized spacial score (nSPS) is 11.0. The number of aldehydes is 1. The van der Waals surface area contributed by atoms with Crippen LogP contribution in [0.2, 0.25) is 0 Å². The number of hydrogen-bond donors (Lipinski definition) is 0. The van der Waals surface area contributed by atoms with Gasteiger partial charge in [0.05, 0.1) is 5.75 Å². The third kappa shape index (κ3) is 5.03. The molecule has 0 bridgehead atoms. The zero-order chi connectivity index (χ0) is 16.9. The Bertz CT molecular complexity index is 810. The molecule has 23 heavy (non-hydrogen) atoms. The van der Waals surface area contributed by atoms with Gasteiger partial charge in [0, 0.05) is 17.4 Å². The average Bonchev–Trinajstić information content (AvgIpc) is 2.52. The van der Waals surface area contributed by atoms with E-state index in [9.17, 15) is 18.0 Å². The quantitative estimate of drug-likeness (QED) is 0.441. The Morgan fingerprint density at radius 2 is 1.83 bits per heavy atom. The molecule has 0 saturated carbocycles. The number of benzene rings is 2. The summed E-state index contributed by atoms with van der Waals surface area (Å²) in [6.45, 7) is 0.276. The van der Waals surface area contributed by atoms with E-state index < -0.39 is 15.6 Å². The smallest absolute Gasteiger partial charge is 0.225 e. The van der Waals surface area contributed by atoms with Crippen LogP contribution in [-0.4, -0.2) is 26.7 Å². The predicted octanol–water partition coefficient (Wildman–Crippen LogP) is 2.19. The van der Waals surface area contributed by atoms with Crippen LogP contribution in [0.4, 0.5) is 0 Å². The average molecular weight is 332 g/mol. The molecule has 0 aliphatic heterocycles. The van der Waals surface area contributed by atoms with Gasteiger partial charge in [-0.3, -0.25) is 9.59 Å². The van der Waals surface area contributed by atoms with Gasteiger partial charge in [0.15, 0.2) is 16.1 Å². The van der Waals surface area contributed by atoms with E-state index in [2.05, 4.69) is 0 Å². The van der Waals surface area contributed by atoms with Crippen molar-refractivity contribution in [3.63, 3.8) is 0 Å². The molecule has 120 valence electrons. The first-order valence-electron chi connectivity index (χ1n) is 6.86. The van der Waals surface area contributed by atoms with Crippen molar-refractivity contribution in [1.29, 1.82) is 0 Å². The van der Waals surface area contributed by atoms with Crippen molar-refractivity contribution in [3.8, 4) is 5.75 Å². The fourth-order valence-electron chi connectivity index (χ4n) is 2.07. The molecule has 0 amide bonds. The lowest BCUT2D eigenvalue weighted by Gasteiger charge is -2.12. The molecule has 0 saturated heterocycles. The topological polar surface area (TPSA) is 77.5 Å². The molecule has 0 aliphatic carbocycles. The summed E-state index contributed by atoms with van der Waals surface area (Å²) in [6.07, 6.45) is 1.30. The van der Waals surface area contributed by atoms with Gasteiger partial charge in [-0.1, -0.05) is 30.3 Å². The van der Waals surface area contributed by atoms with Gasteiger partial charge in [0.1, 0.15) is 12.4 Å². The van der Waals surface area contributed by atoms with Crippen LogP contribution in [0.25, 0.3) is 0 Å². The minimum absolute atomic E-state index is 0.144. The van der Waals surface area contributed by atoms with Gasteiger partial charge >= 0.3 is 0 Å². The second-order valence-electron chi connectivity index (χ2n) is 5.15. The van der Waals surface area contributed by atoms with E-state index in [0.717, 1.165) is 11.8 Å². The zero-order valence-corrected chi connectivity index (χ0v) is 13.4. The van der Waals surface area contributed by atoms with E-state index >= 15 is 0 Å². The van der Waals surface area contributed by atoms with E-state index in [-0.39, 0.29) is 24.2 Å². The van der Waals surface area contributed by atoms with Crippen LogP contribution in [-0.2, 0) is 27.0 Å². The van der Waals surface area contributed by atoms with Gasteiger partial charge in [-0.05, 0) is 23.8 Å². The van der Waals surface area contributed by atoms with E-state index in [0.29, 0.717) is 11.3 Å². The standard InChI is InChI=1S/C17H16O5S/c1-23(20,21)12-15-9-14(16(19)10-18)7-8-17(15)22-11-13-5-3-2-4-6-13/h2-10H,11-12H2,1H3. The first kappa shape index (κ1) is 16.9. The van der Waals surface area contributed by atoms with E-state index in [4.69, 9.17) is 4.74 Å². The molecule has 0 N–H and O–H groups in total. The van der Waals surface area contributed by atoms with Crippen molar-refractivity contribution in [2.45, 2.75) is 12.4 Å². The molecule has 0 radical (unpaired) electrons. The lowest BCUT2D eigenvalue weighted by Crippen LogP contribution is -2.07. The van der Waals surface area contributed by atoms with Crippen molar-refractivity contribution < 1.29 is 22.7 Å². The van der Waals surface area contributed by atoms with Crippen molar-refractivity contribution in [2.24, 2.45) is 0 Å². The Labute approximate surface area is 134 Å². The van der Waals surface area contributed by atoms with Crippen molar-refractivity contribution in [2.75, 3.05) is 6.26 Å². The van der Waals surface area contributed by atoms with Crippen LogP contribution >= 0.6 is 0 Å². The maximum absolute atomic E-state index is 11.6. The van der Waals surface area contributed by atoms with Crippen LogP contribution in [0.15, 0.2) is 48.5 Å². The first-order valence-corrected chi connectivity index (χ1v) is 8.92. The Morgan fingerprint density at radius 3 is 2.43 bits per heavy atom. The number of rotatable bonds is 7. The van der Waals surface area contributed by atoms with Crippen LogP contribution in [0, 0.1) is 0 Å². The molecule has 0 heterocycles. The second-order valence-corrected chi connectivity index (χ2v) is 7.29. The first-order chi connectivity index (χ1) is 10.9. The Balaban J connectivity index is 2.29. The van der Waals surface area contributed by atoms with Crippen LogP contribution in [0.3, 0.4) is 0 Å². The molecule has 2 aromatic carbocycles. The summed E-state index contributed by atoms with van der Waals surface area (Å²) in [5.74, 6) is -0.590. The molecular formula is C17H16O5S. The minimum Gasteiger partial charge on any atom is -0.489 e. The number of ketones is 1. The maximum Gasteiger partial charge on any atom is 0.225 e. The fraction of sp³-hybridized carbons (Fsp3) is 0.176. The molecule has 0 spiro atoms. The summed E-state index contributed by atoms with van der Waals surface area (Å²) in [5.41, 5.74) is 1.44. The Kier molecular flexibility index (Phi) is 5.28. The van der Waals surface area contributed by atoms with Gasteiger partial charge in [-0.2, -0.15) is 0 Å². The summed E-state index contributed by atoms with van der Waals surface area (Å²) in [5, 5.41) is 0. The Morgan fingerprint density at radius 1 is 1.13 bits per heavy atom. The monoisotopic (exact) mass is 332 g/mol. The van der Waals surface area contributed by atoms with Gasteiger partial charge in [-0.25, -0.2) is 8.42 Å². The maximum atomic E-state index is 11.6. The number of ether oxygens (including phenoxy) is 1. The lowest BCUT2D eigenvalue weighted by molar-refractivity contribution is -0.104. The number of carbonyl (C=O) groups excluding carboxylic acids is 2. The molecule has 0 aromatic heterocycles. The molecule has 5 nitrogen and oxygen atoms in total. The van der Waals surface area contributed by atoms with E-state index in [1.165, 1.54) is 18.2 Å². The Hall–Kier alpha value is -2.47. The third-order valence-corrected chi connectivity index (χ3v) is 3.94.